The number of methoxy groups -OCH3 is 1. The Morgan fingerprint density at radius 2 is 2.14 bits per heavy atom. The van der Waals surface area contributed by atoms with Crippen LogP contribution in [-0.2, 0) is 16.0 Å². The number of alkyl halides is 2. The molecular weight excluding hydrogens is 465 g/mol. The van der Waals surface area contributed by atoms with Crippen molar-refractivity contribution in [1.29, 1.82) is 0 Å². The predicted molar refractivity (Wildman–Crippen MR) is 123 cm³/mol. The van der Waals surface area contributed by atoms with Crippen molar-refractivity contribution in [3.8, 4) is 0 Å². The maximum atomic E-state index is 14.7. The lowest BCUT2D eigenvalue weighted by Crippen LogP contribution is -2.40. The van der Waals surface area contributed by atoms with E-state index in [-0.39, 0.29) is 24.7 Å². The summed E-state index contributed by atoms with van der Waals surface area (Å²) in [7, 11) is 1.49. The van der Waals surface area contributed by atoms with Crippen molar-refractivity contribution in [1.82, 2.24) is 14.5 Å². The smallest absolute Gasteiger partial charge is 0.351 e. The molecule has 1 fully saturated rings. The Morgan fingerprint density at radius 3 is 2.83 bits per heavy atom. The number of benzene rings is 1. The zero-order valence-corrected chi connectivity index (χ0v) is 19.2. The maximum Gasteiger partial charge on any atom is 0.351 e. The molecule has 0 unspecified atom stereocenters. The van der Waals surface area contributed by atoms with Crippen molar-refractivity contribution in [2.45, 2.75) is 37.6 Å². The first kappa shape index (κ1) is 24.7. The van der Waals surface area contributed by atoms with Crippen LogP contribution < -0.4 is 17.2 Å². The third-order valence-electron chi connectivity index (χ3n) is 5.95. The minimum Gasteiger partial charge on any atom is -0.481 e. The van der Waals surface area contributed by atoms with Gasteiger partial charge in [0, 0.05) is 43.5 Å². The SMILES string of the molecule is COC(=NCc1cccc(F)c1)C1=C(N)CN(C[C@@H]2CC(F)(F)[C@H](n3ccc(N)nc3=O)O2)CC1. The molecule has 1 saturated heterocycles. The minimum absolute atomic E-state index is 0.0506. The Morgan fingerprint density at radius 1 is 1.34 bits per heavy atom. The van der Waals surface area contributed by atoms with Gasteiger partial charge in [0.25, 0.3) is 5.92 Å². The number of anilines is 1. The highest BCUT2D eigenvalue weighted by molar-refractivity contribution is 5.94. The van der Waals surface area contributed by atoms with E-state index in [0.29, 0.717) is 36.7 Å². The molecule has 2 aliphatic rings. The van der Waals surface area contributed by atoms with Crippen molar-refractivity contribution in [3.63, 3.8) is 0 Å². The molecule has 1 aromatic heterocycles. The van der Waals surface area contributed by atoms with Gasteiger partial charge in [0.2, 0.25) is 12.1 Å². The molecule has 0 spiro atoms. The van der Waals surface area contributed by atoms with E-state index in [9.17, 15) is 18.0 Å². The van der Waals surface area contributed by atoms with Crippen LogP contribution in [0.3, 0.4) is 0 Å². The summed E-state index contributed by atoms with van der Waals surface area (Å²) in [6.45, 7) is 1.28. The highest BCUT2D eigenvalue weighted by Gasteiger charge is 2.52. The largest absolute Gasteiger partial charge is 0.481 e. The Balaban J connectivity index is 1.41. The highest BCUT2D eigenvalue weighted by Crippen LogP contribution is 2.42. The van der Waals surface area contributed by atoms with Crippen LogP contribution in [0.2, 0.25) is 0 Å². The van der Waals surface area contributed by atoms with Gasteiger partial charge in [0.05, 0.1) is 19.8 Å². The molecule has 0 bridgehead atoms. The lowest BCUT2D eigenvalue weighted by molar-refractivity contribution is -0.118. The van der Waals surface area contributed by atoms with Gasteiger partial charge in [-0.2, -0.15) is 4.98 Å². The summed E-state index contributed by atoms with van der Waals surface area (Å²) in [4.78, 5) is 21.9. The molecule has 4 N–H and O–H groups in total. The van der Waals surface area contributed by atoms with Crippen molar-refractivity contribution in [2.75, 3.05) is 32.5 Å². The first-order valence-corrected chi connectivity index (χ1v) is 11.1. The van der Waals surface area contributed by atoms with Gasteiger partial charge in [0.1, 0.15) is 11.6 Å². The number of nitrogens with two attached hydrogens (primary N) is 2. The Labute approximate surface area is 199 Å². The third-order valence-corrected chi connectivity index (χ3v) is 5.95. The van der Waals surface area contributed by atoms with E-state index < -0.39 is 30.4 Å². The van der Waals surface area contributed by atoms with E-state index in [2.05, 4.69) is 9.98 Å². The molecule has 2 aromatic rings. The average Bonchev–Trinajstić information content (AvgIpc) is 3.08. The van der Waals surface area contributed by atoms with Crippen LogP contribution in [0.1, 0.15) is 24.6 Å². The molecule has 0 amide bonds. The van der Waals surface area contributed by atoms with Crippen molar-refractivity contribution >= 4 is 11.7 Å². The van der Waals surface area contributed by atoms with Crippen LogP contribution in [-0.4, -0.2) is 59.1 Å². The molecular formula is C23H27F3N6O3. The van der Waals surface area contributed by atoms with Gasteiger partial charge in [-0.15, -0.1) is 0 Å². The minimum atomic E-state index is -3.25. The van der Waals surface area contributed by atoms with Gasteiger partial charge in [-0.1, -0.05) is 12.1 Å². The van der Waals surface area contributed by atoms with Gasteiger partial charge < -0.3 is 20.9 Å². The Kier molecular flexibility index (Phi) is 7.13. The molecule has 188 valence electrons. The number of nitrogen functional groups attached to an aromatic ring is 1. The fourth-order valence-corrected chi connectivity index (χ4v) is 4.33. The summed E-state index contributed by atoms with van der Waals surface area (Å²) < 4.78 is 54.5. The quantitative estimate of drug-likeness (QED) is 0.468. The van der Waals surface area contributed by atoms with Crippen molar-refractivity contribution in [3.05, 3.63) is 69.7 Å². The molecule has 2 aliphatic heterocycles. The van der Waals surface area contributed by atoms with Crippen LogP contribution in [0.15, 0.2) is 57.6 Å². The highest BCUT2D eigenvalue weighted by atomic mass is 19.3. The fraction of sp³-hybridized carbons (Fsp3) is 0.435. The lowest BCUT2D eigenvalue weighted by atomic mass is 10.0. The number of nitrogens with zero attached hydrogens (tertiary/aromatic N) is 4. The number of hydrogen-bond acceptors (Lipinski definition) is 8. The Bertz CT molecular complexity index is 1200. The van der Waals surface area contributed by atoms with Crippen LogP contribution in [0.5, 0.6) is 0 Å². The zero-order chi connectivity index (χ0) is 25.2. The van der Waals surface area contributed by atoms with Crippen LogP contribution in [0.25, 0.3) is 0 Å². The number of ether oxygens (including phenoxy) is 2. The van der Waals surface area contributed by atoms with E-state index >= 15 is 0 Å². The first-order chi connectivity index (χ1) is 16.7. The topological polar surface area (TPSA) is 121 Å². The van der Waals surface area contributed by atoms with E-state index in [1.165, 1.54) is 25.3 Å². The van der Waals surface area contributed by atoms with Gasteiger partial charge >= 0.3 is 5.69 Å². The molecule has 3 heterocycles. The fourth-order valence-electron chi connectivity index (χ4n) is 4.33. The van der Waals surface area contributed by atoms with E-state index in [0.717, 1.165) is 16.3 Å². The lowest BCUT2D eigenvalue weighted by Gasteiger charge is -2.30. The first-order valence-electron chi connectivity index (χ1n) is 11.1. The summed E-state index contributed by atoms with van der Waals surface area (Å²) in [6, 6.07) is 7.40. The summed E-state index contributed by atoms with van der Waals surface area (Å²) >= 11 is 0. The molecule has 1 aromatic carbocycles. The van der Waals surface area contributed by atoms with Gasteiger partial charge in [0.15, 0.2) is 0 Å². The second kappa shape index (κ2) is 10.1. The zero-order valence-electron chi connectivity index (χ0n) is 19.2. The average molecular weight is 493 g/mol. The number of halogens is 3. The number of rotatable bonds is 6. The molecule has 12 heteroatoms. The van der Waals surface area contributed by atoms with Crippen LogP contribution >= 0.6 is 0 Å². The van der Waals surface area contributed by atoms with Crippen LogP contribution in [0.4, 0.5) is 19.0 Å². The molecule has 0 saturated carbocycles. The molecule has 4 rings (SSSR count). The summed E-state index contributed by atoms with van der Waals surface area (Å²) in [5, 5.41) is 0. The molecule has 0 aliphatic carbocycles. The molecule has 0 radical (unpaired) electrons. The Hall–Kier alpha value is -3.38. The van der Waals surface area contributed by atoms with E-state index in [4.69, 9.17) is 20.9 Å². The number of aromatic nitrogens is 2. The van der Waals surface area contributed by atoms with Crippen molar-refractivity contribution < 1.29 is 22.6 Å². The number of hydrogen-bond donors (Lipinski definition) is 2. The normalized spacial score (nSPS) is 23.0. The second-order valence-corrected chi connectivity index (χ2v) is 8.56. The third kappa shape index (κ3) is 5.65. The maximum absolute atomic E-state index is 14.7. The predicted octanol–water partition coefficient (Wildman–Crippen LogP) is 2.05. The van der Waals surface area contributed by atoms with Crippen molar-refractivity contribution in [2.24, 2.45) is 10.7 Å². The summed E-state index contributed by atoms with van der Waals surface area (Å²) in [6.07, 6.45) is -1.45. The van der Waals surface area contributed by atoms with Gasteiger partial charge in [-0.05, 0) is 30.2 Å². The molecule has 2 atom stereocenters. The van der Waals surface area contributed by atoms with E-state index in [1.54, 1.807) is 12.1 Å². The standard InChI is InChI=1S/C23H27F3N6O3/c1-34-20(29-11-14-3-2-4-15(24)9-14)17-5-7-31(13-18(17)27)12-16-10-23(25,26)21(35-16)32-8-6-19(28)30-22(32)33/h2-4,6,8-9,16,21H,5,7,10-13,27H2,1H3,(H2,28,30,33)/t16-,21+/m0/s1. The number of aliphatic imine (C=N–C) groups is 1. The monoisotopic (exact) mass is 492 g/mol. The van der Waals surface area contributed by atoms with Crippen LogP contribution in [0, 0.1) is 5.82 Å². The summed E-state index contributed by atoms with van der Waals surface area (Å²) in [5.74, 6) is -3.28. The molecule has 9 nitrogen and oxygen atoms in total. The van der Waals surface area contributed by atoms with E-state index in [1.807, 2.05) is 4.90 Å². The van der Waals surface area contributed by atoms with Gasteiger partial charge in [-0.25, -0.2) is 23.0 Å². The second-order valence-electron chi connectivity index (χ2n) is 8.56. The summed E-state index contributed by atoms with van der Waals surface area (Å²) in [5.41, 5.74) is 12.8. The van der Waals surface area contributed by atoms with Gasteiger partial charge in [-0.3, -0.25) is 9.47 Å². The molecule has 35 heavy (non-hydrogen) atoms.